The quantitative estimate of drug-likeness (QED) is 0.871. The third-order valence-electron chi connectivity index (χ3n) is 3.54. The highest BCUT2D eigenvalue weighted by atomic mass is 19.4. The van der Waals surface area contributed by atoms with Crippen LogP contribution in [0.15, 0.2) is 27.8 Å². The fraction of sp³-hybridized carbons (Fsp3) is 0.385. The molecule has 1 aromatic heterocycles. The molecule has 21 heavy (non-hydrogen) atoms. The average Bonchev–Trinajstić information content (AvgIpc) is 2.90. The fourth-order valence-corrected chi connectivity index (χ4v) is 2.55. The molecule has 1 fully saturated rings. The van der Waals surface area contributed by atoms with Crippen molar-refractivity contribution in [2.75, 3.05) is 13.2 Å². The van der Waals surface area contributed by atoms with Crippen molar-refractivity contribution in [2.45, 2.75) is 18.6 Å². The molecule has 1 saturated heterocycles. The maximum Gasteiger partial charge on any atom is 0.418 e. The van der Waals surface area contributed by atoms with E-state index in [1.807, 2.05) is 0 Å². The van der Waals surface area contributed by atoms with Gasteiger partial charge in [-0.25, -0.2) is 4.79 Å². The van der Waals surface area contributed by atoms with E-state index in [1.54, 1.807) is 0 Å². The largest absolute Gasteiger partial charge is 0.418 e. The lowest BCUT2D eigenvalue weighted by atomic mass is 10.1. The van der Waals surface area contributed by atoms with Crippen molar-refractivity contribution in [2.24, 2.45) is 0 Å². The van der Waals surface area contributed by atoms with Gasteiger partial charge in [-0.1, -0.05) is 6.07 Å². The molecule has 1 N–H and O–H groups in total. The number of alkyl halides is 3. The topological polar surface area (TPSA) is 64.1 Å². The van der Waals surface area contributed by atoms with Gasteiger partial charge in [0, 0.05) is 6.61 Å². The predicted octanol–water partition coefficient (Wildman–Crippen LogP) is 1.67. The third kappa shape index (κ3) is 2.25. The van der Waals surface area contributed by atoms with Gasteiger partial charge in [-0.2, -0.15) is 13.2 Å². The number of para-hydroxylation sites is 1. The molecule has 2 aromatic rings. The Morgan fingerprint density at radius 3 is 2.67 bits per heavy atom. The van der Waals surface area contributed by atoms with Crippen LogP contribution >= 0.6 is 0 Å². The summed E-state index contributed by atoms with van der Waals surface area (Å²) < 4.78 is 44.9. The number of halogens is 3. The summed E-state index contributed by atoms with van der Waals surface area (Å²) >= 11 is 0. The van der Waals surface area contributed by atoms with Gasteiger partial charge in [0.05, 0.1) is 29.1 Å². The van der Waals surface area contributed by atoms with Gasteiger partial charge in [-0.15, -0.1) is 0 Å². The molecule has 5 nitrogen and oxygen atoms in total. The molecule has 3 rings (SSSR count). The van der Waals surface area contributed by atoms with E-state index in [4.69, 9.17) is 4.74 Å². The molecule has 0 saturated carbocycles. The number of benzene rings is 1. The first-order chi connectivity index (χ1) is 9.89. The molecule has 1 atom stereocenters. The number of hydrogen-bond acceptors (Lipinski definition) is 3. The average molecular weight is 300 g/mol. The van der Waals surface area contributed by atoms with Crippen molar-refractivity contribution in [1.29, 1.82) is 0 Å². The lowest BCUT2D eigenvalue weighted by Gasteiger charge is -2.14. The molecule has 0 spiro atoms. The molecule has 0 bridgehead atoms. The van der Waals surface area contributed by atoms with Gasteiger partial charge >= 0.3 is 11.9 Å². The van der Waals surface area contributed by atoms with Crippen LogP contribution in [0, 0.1) is 0 Å². The Labute approximate surface area is 116 Å². The Hall–Kier alpha value is -2.09. The monoisotopic (exact) mass is 300 g/mol. The van der Waals surface area contributed by atoms with E-state index in [0.29, 0.717) is 13.0 Å². The molecule has 1 aliphatic heterocycles. The first-order valence-corrected chi connectivity index (χ1v) is 6.32. The second-order valence-electron chi connectivity index (χ2n) is 4.85. The van der Waals surface area contributed by atoms with Gasteiger partial charge in [-0.05, 0) is 18.6 Å². The SMILES string of the molecule is O=c1[nH]c2c(C(F)(F)F)cccc2c(=O)n1C1CCOC1. The fourth-order valence-electron chi connectivity index (χ4n) is 2.55. The van der Waals surface area contributed by atoms with Crippen LogP contribution in [0.5, 0.6) is 0 Å². The van der Waals surface area contributed by atoms with Crippen molar-refractivity contribution in [3.63, 3.8) is 0 Å². The Bertz CT molecular complexity index is 801. The van der Waals surface area contributed by atoms with Crippen molar-refractivity contribution in [1.82, 2.24) is 9.55 Å². The normalized spacial score (nSPS) is 19.3. The number of fused-ring (bicyclic) bond motifs is 1. The van der Waals surface area contributed by atoms with E-state index in [2.05, 4.69) is 4.98 Å². The molecule has 1 unspecified atom stereocenters. The molecule has 112 valence electrons. The Kier molecular flexibility index (Phi) is 3.12. The molecule has 1 aromatic carbocycles. The van der Waals surface area contributed by atoms with Gasteiger partial charge in [0.2, 0.25) is 0 Å². The first-order valence-electron chi connectivity index (χ1n) is 6.32. The second kappa shape index (κ2) is 4.73. The van der Waals surface area contributed by atoms with E-state index in [-0.39, 0.29) is 12.0 Å². The molecule has 0 amide bonds. The maximum atomic E-state index is 12.9. The molecule has 2 heterocycles. The number of ether oxygens (including phenoxy) is 1. The number of nitrogens with one attached hydrogen (secondary N) is 1. The van der Waals surface area contributed by atoms with E-state index in [1.165, 1.54) is 6.07 Å². The third-order valence-corrected chi connectivity index (χ3v) is 3.54. The van der Waals surface area contributed by atoms with Crippen LogP contribution in [0.2, 0.25) is 0 Å². The summed E-state index contributed by atoms with van der Waals surface area (Å²) in [6.45, 7) is 0.616. The lowest BCUT2D eigenvalue weighted by Crippen LogP contribution is -2.38. The van der Waals surface area contributed by atoms with Crippen LogP contribution < -0.4 is 11.2 Å². The summed E-state index contributed by atoms with van der Waals surface area (Å²) in [5.74, 6) is 0. The van der Waals surface area contributed by atoms with Crippen molar-refractivity contribution < 1.29 is 17.9 Å². The summed E-state index contributed by atoms with van der Waals surface area (Å²) in [6, 6.07) is 2.82. The predicted molar refractivity (Wildman–Crippen MR) is 68.3 cm³/mol. The smallest absolute Gasteiger partial charge is 0.379 e. The Morgan fingerprint density at radius 1 is 1.29 bits per heavy atom. The molecular weight excluding hydrogens is 289 g/mol. The zero-order chi connectivity index (χ0) is 15.2. The summed E-state index contributed by atoms with van der Waals surface area (Å²) in [5, 5.41) is -0.156. The van der Waals surface area contributed by atoms with Crippen LogP contribution in [-0.2, 0) is 10.9 Å². The van der Waals surface area contributed by atoms with Gasteiger partial charge in [0.15, 0.2) is 0 Å². The standard InChI is InChI=1S/C13H11F3N2O3/c14-13(15,16)9-3-1-2-8-10(9)17-12(20)18(11(8)19)7-4-5-21-6-7/h1-3,7H,4-6H2,(H,17,20). The summed E-state index contributed by atoms with van der Waals surface area (Å²) in [4.78, 5) is 26.5. The molecular formula is C13H11F3N2O3. The molecule has 0 radical (unpaired) electrons. The number of nitrogens with zero attached hydrogens (tertiary/aromatic N) is 1. The first kappa shape index (κ1) is 13.9. The summed E-state index contributed by atoms with van der Waals surface area (Å²) in [7, 11) is 0. The van der Waals surface area contributed by atoms with Gasteiger partial charge in [-0.3, -0.25) is 9.36 Å². The molecule has 8 heteroatoms. The summed E-state index contributed by atoms with van der Waals surface area (Å²) in [6.07, 6.45) is -4.16. The second-order valence-corrected chi connectivity index (χ2v) is 4.85. The van der Waals surface area contributed by atoms with E-state index in [0.717, 1.165) is 16.7 Å². The van der Waals surface area contributed by atoms with Crippen molar-refractivity contribution in [3.8, 4) is 0 Å². The number of aromatic nitrogens is 2. The minimum atomic E-state index is -4.64. The van der Waals surface area contributed by atoms with Crippen molar-refractivity contribution in [3.05, 3.63) is 44.6 Å². The molecule has 1 aliphatic rings. The van der Waals surface area contributed by atoms with Gasteiger partial charge < -0.3 is 9.72 Å². The van der Waals surface area contributed by atoms with E-state index in [9.17, 15) is 22.8 Å². The maximum absolute atomic E-state index is 12.9. The summed E-state index contributed by atoms with van der Waals surface area (Å²) in [5.41, 5.74) is -3.07. The van der Waals surface area contributed by atoms with E-state index >= 15 is 0 Å². The van der Waals surface area contributed by atoms with E-state index < -0.39 is 34.5 Å². The van der Waals surface area contributed by atoms with Crippen LogP contribution in [0.1, 0.15) is 18.0 Å². The van der Waals surface area contributed by atoms with Crippen LogP contribution in [0.4, 0.5) is 13.2 Å². The molecule has 0 aliphatic carbocycles. The minimum absolute atomic E-state index is 0.156. The van der Waals surface area contributed by atoms with Gasteiger partial charge in [0.25, 0.3) is 5.56 Å². The number of aromatic amines is 1. The number of hydrogen-bond donors (Lipinski definition) is 1. The van der Waals surface area contributed by atoms with Crippen LogP contribution in [-0.4, -0.2) is 22.8 Å². The number of H-pyrrole nitrogens is 1. The zero-order valence-electron chi connectivity index (χ0n) is 10.7. The minimum Gasteiger partial charge on any atom is -0.379 e. The van der Waals surface area contributed by atoms with Crippen LogP contribution in [0.25, 0.3) is 10.9 Å². The Morgan fingerprint density at radius 2 is 2.05 bits per heavy atom. The Balaban J connectivity index is 2.33. The highest BCUT2D eigenvalue weighted by Gasteiger charge is 2.34. The lowest BCUT2D eigenvalue weighted by molar-refractivity contribution is -0.136. The van der Waals surface area contributed by atoms with Crippen molar-refractivity contribution >= 4 is 10.9 Å². The highest BCUT2D eigenvalue weighted by molar-refractivity contribution is 5.81. The zero-order valence-corrected chi connectivity index (χ0v) is 10.7. The van der Waals surface area contributed by atoms with Crippen LogP contribution in [0.3, 0.4) is 0 Å². The number of rotatable bonds is 1. The highest BCUT2D eigenvalue weighted by Crippen LogP contribution is 2.32. The van der Waals surface area contributed by atoms with Gasteiger partial charge in [0.1, 0.15) is 0 Å².